The fourth-order valence-corrected chi connectivity index (χ4v) is 4.01. The van der Waals surface area contributed by atoms with Gasteiger partial charge in [0.1, 0.15) is 23.4 Å². The quantitative estimate of drug-likeness (QED) is 0.297. The molecular formula is C26H23FN10OS. The maximum Gasteiger partial charge on any atom is 0.270 e. The van der Waals surface area contributed by atoms with E-state index in [0.29, 0.717) is 39.9 Å². The Morgan fingerprint density at radius 1 is 1.05 bits per heavy atom. The molecule has 0 unspecified atom stereocenters. The van der Waals surface area contributed by atoms with Gasteiger partial charge in [-0.25, -0.2) is 14.4 Å². The fraction of sp³-hybridized carbons (Fsp3) is 0.115. The monoisotopic (exact) mass is 542 g/mol. The predicted octanol–water partition coefficient (Wildman–Crippen LogP) is 4.64. The molecule has 0 radical (unpaired) electrons. The van der Waals surface area contributed by atoms with Crippen LogP contribution in [0.4, 0.5) is 16.2 Å². The van der Waals surface area contributed by atoms with E-state index in [2.05, 4.69) is 44.9 Å². The molecule has 5 rings (SSSR count). The van der Waals surface area contributed by atoms with Gasteiger partial charge in [-0.15, -0.1) is 0 Å². The fourth-order valence-electron chi connectivity index (χ4n) is 3.58. The summed E-state index contributed by atoms with van der Waals surface area (Å²) in [5, 5.41) is 14.9. The summed E-state index contributed by atoms with van der Waals surface area (Å²) in [6.07, 6.45) is 4.31. The third-order valence-corrected chi connectivity index (χ3v) is 6.10. The lowest BCUT2D eigenvalue weighted by atomic mass is 10.1. The number of hydrogen-bond acceptors (Lipinski definition) is 11. The Balaban J connectivity index is 0.00000231. The summed E-state index contributed by atoms with van der Waals surface area (Å²) in [7, 11) is 0. The second-order valence-electron chi connectivity index (χ2n) is 8.33. The number of pyridine rings is 3. The summed E-state index contributed by atoms with van der Waals surface area (Å²) < 4.78 is 17.6. The van der Waals surface area contributed by atoms with Gasteiger partial charge in [0.05, 0.1) is 11.9 Å². The number of halogens is 1. The van der Waals surface area contributed by atoms with E-state index in [-0.39, 0.29) is 32.0 Å². The van der Waals surface area contributed by atoms with Crippen LogP contribution in [0.2, 0.25) is 0 Å². The first kappa shape index (κ1) is 25.4. The predicted molar refractivity (Wildman–Crippen MR) is 145 cm³/mol. The van der Waals surface area contributed by atoms with Crippen molar-refractivity contribution in [2.75, 3.05) is 5.32 Å². The average molecular weight is 543 g/mol. The van der Waals surface area contributed by atoms with Gasteiger partial charge >= 0.3 is 0 Å². The van der Waals surface area contributed by atoms with Crippen LogP contribution >= 0.6 is 11.5 Å². The van der Waals surface area contributed by atoms with Crippen molar-refractivity contribution in [2.24, 2.45) is 0 Å². The molecule has 13 heteroatoms. The van der Waals surface area contributed by atoms with Gasteiger partial charge in [-0.3, -0.25) is 19.7 Å². The zero-order valence-electron chi connectivity index (χ0n) is 20.7. The standard InChI is InChI=1S/C26H19FN10OS.2H2/c1-14-7-22(35-26-36-23(9-28)39-37-26)34-24(33-14)17-4-6-21(31-12-17)25(38)32-11-16-3-5-20(30-10-16)19-8-18(27)13-29-15(19)2;;/h3-8,10,12-13H,11H2,1-2H3,(H,32,38)(H,33,34,35,37);2*1H. The molecule has 0 spiro atoms. The summed E-state index contributed by atoms with van der Waals surface area (Å²) in [6.45, 7) is 3.85. The van der Waals surface area contributed by atoms with Gasteiger partial charge in [0.2, 0.25) is 11.0 Å². The highest BCUT2D eigenvalue weighted by molar-refractivity contribution is 7.06. The molecule has 5 aromatic rings. The normalized spacial score (nSPS) is 10.6. The zero-order chi connectivity index (χ0) is 27.4. The number of anilines is 2. The molecule has 0 aliphatic rings. The van der Waals surface area contributed by atoms with Gasteiger partial charge in [0.15, 0.2) is 5.82 Å². The van der Waals surface area contributed by atoms with Crippen LogP contribution in [0.1, 0.15) is 35.3 Å². The molecule has 1 amide bonds. The lowest BCUT2D eigenvalue weighted by molar-refractivity contribution is 0.0946. The van der Waals surface area contributed by atoms with Gasteiger partial charge in [0.25, 0.3) is 5.91 Å². The second kappa shape index (κ2) is 11.0. The van der Waals surface area contributed by atoms with E-state index >= 15 is 0 Å². The minimum Gasteiger partial charge on any atom is -0.347 e. The molecule has 0 bridgehead atoms. The van der Waals surface area contributed by atoms with E-state index in [0.717, 1.165) is 17.1 Å². The molecule has 0 fully saturated rings. The molecule has 0 aliphatic carbocycles. The van der Waals surface area contributed by atoms with Crippen molar-refractivity contribution in [3.8, 4) is 28.7 Å². The number of rotatable bonds is 7. The molecule has 5 heterocycles. The van der Waals surface area contributed by atoms with Crippen molar-refractivity contribution in [3.05, 3.63) is 88.5 Å². The molecule has 0 saturated carbocycles. The second-order valence-corrected chi connectivity index (χ2v) is 9.08. The van der Waals surface area contributed by atoms with Gasteiger partial charge < -0.3 is 10.6 Å². The Kier molecular flexibility index (Phi) is 7.19. The number of hydrogen-bond donors (Lipinski definition) is 2. The molecule has 0 saturated heterocycles. The van der Waals surface area contributed by atoms with Crippen molar-refractivity contribution in [1.82, 2.24) is 39.6 Å². The first-order valence-corrected chi connectivity index (χ1v) is 12.3. The van der Waals surface area contributed by atoms with E-state index in [1.807, 2.05) is 19.1 Å². The van der Waals surface area contributed by atoms with Crippen molar-refractivity contribution in [3.63, 3.8) is 0 Å². The van der Waals surface area contributed by atoms with E-state index in [1.54, 1.807) is 37.4 Å². The van der Waals surface area contributed by atoms with Crippen LogP contribution in [0.25, 0.3) is 22.6 Å². The molecule has 196 valence electrons. The summed E-state index contributed by atoms with van der Waals surface area (Å²) in [4.78, 5) is 38.3. The molecule has 39 heavy (non-hydrogen) atoms. The van der Waals surface area contributed by atoms with Crippen LogP contribution in [0.15, 0.2) is 55.0 Å². The van der Waals surface area contributed by atoms with E-state index < -0.39 is 5.82 Å². The highest BCUT2D eigenvalue weighted by atomic mass is 32.1. The Morgan fingerprint density at radius 2 is 1.92 bits per heavy atom. The number of aromatic nitrogens is 7. The molecule has 0 aliphatic heterocycles. The van der Waals surface area contributed by atoms with Gasteiger partial charge in [-0.05, 0) is 55.2 Å². The van der Waals surface area contributed by atoms with Crippen molar-refractivity contribution in [1.29, 1.82) is 5.26 Å². The highest BCUT2D eigenvalue weighted by Crippen LogP contribution is 2.22. The van der Waals surface area contributed by atoms with Gasteiger partial charge in [-0.1, -0.05) is 6.07 Å². The average Bonchev–Trinajstić information content (AvgIpc) is 3.40. The summed E-state index contributed by atoms with van der Waals surface area (Å²) in [5.74, 6) is 0.358. The van der Waals surface area contributed by atoms with Crippen LogP contribution in [0.5, 0.6) is 0 Å². The molecule has 11 nitrogen and oxygen atoms in total. The van der Waals surface area contributed by atoms with E-state index in [1.165, 1.54) is 18.5 Å². The maximum atomic E-state index is 13.6. The number of nitrogens with one attached hydrogen (secondary N) is 2. The van der Waals surface area contributed by atoms with Crippen LogP contribution in [0.3, 0.4) is 0 Å². The topological polar surface area (TPSA) is 155 Å². The van der Waals surface area contributed by atoms with Crippen molar-refractivity contribution in [2.45, 2.75) is 20.4 Å². The summed E-state index contributed by atoms with van der Waals surface area (Å²) in [5.41, 5.74) is 4.20. The third-order valence-electron chi connectivity index (χ3n) is 5.48. The molecule has 0 atom stereocenters. The molecular weight excluding hydrogens is 519 g/mol. The first-order chi connectivity index (χ1) is 18.9. The molecule has 0 aromatic carbocycles. The molecule has 5 aromatic heterocycles. The van der Waals surface area contributed by atoms with Gasteiger partial charge in [0, 0.05) is 50.4 Å². The number of nitrogens with zero attached hydrogens (tertiary/aromatic N) is 8. The molecule has 2 N–H and O–H groups in total. The van der Waals surface area contributed by atoms with Crippen LogP contribution < -0.4 is 10.6 Å². The summed E-state index contributed by atoms with van der Waals surface area (Å²) in [6, 6.07) is 11.9. The van der Waals surface area contributed by atoms with E-state index in [4.69, 9.17) is 5.26 Å². The van der Waals surface area contributed by atoms with Gasteiger partial charge in [-0.2, -0.15) is 14.6 Å². The van der Waals surface area contributed by atoms with Crippen LogP contribution in [-0.4, -0.2) is 40.2 Å². The number of aryl methyl sites for hydroxylation is 2. The maximum absolute atomic E-state index is 13.6. The van der Waals surface area contributed by atoms with Crippen LogP contribution in [0, 0.1) is 31.0 Å². The Morgan fingerprint density at radius 3 is 2.64 bits per heavy atom. The zero-order valence-corrected chi connectivity index (χ0v) is 21.5. The van der Waals surface area contributed by atoms with Crippen LogP contribution in [-0.2, 0) is 6.54 Å². The van der Waals surface area contributed by atoms with Crippen molar-refractivity contribution < 1.29 is 12.0 Å². The first-order valence-electron chi connectivity index (χ1n) is 11.6. The Labute approximate surface area is 229 Å². The lowest BCUT2D eigenvalue weighted by Crippen LogP contribution is -2.23. The van der Waals surface area contributed by atoms with Crippen molar-refractivity contribution >= 4 is 29.2 Å². The van der Waals surface area contributed by atoms with E-state index in [9.17, 15) is 9.18 Å². The smallest absolute Gasteiger partial charge is 0.270 e. The SMILES string of the molecule is Cc1cc(Nc2nsc(C#N)n2)nc(-c2ccc(C(=O)NCc3ccc(-c4cc(F)cnc4C)nc3)nc2)n1.[HH].[HH]. The number of carbonyl (C=O) groups excluding carboxylic acids is 1. The largest absolute Gasteiger partial charge is 0.347 e. The minimum atomic E-state index is -0.429. The Bertz CT molecular complexity index is 1710. The summed E-state index contributed by atoms with van der Waals surface area (Å²) >= 11 is 0.987. The highest BCUT2D eigenvalue weighted by Gasteiger charge is 2.12. The third kappa shape index (κ3) is 6.03. The number of amides is 1. The Hall–Kier alpha value is -5.22. The number of carbonyl (C=O) groups is 1. The minimum absolute atomic E-state index is 0. The lowest BCUT2D eigenvalue weighted by Gasteiger charge is -2.08. The number of nitriles is 1.